The average Bonchev–Trinajstić information content (AvgIpc) is 3.26. The van der Waals surface area contributed by atoms with Gasteiger partial charge in [-0.15, -0.1) is 0 Å². The molecule has 62 heavy (non-hydrogen) atoms. The summed E-state index contributed by atoms with van der Waals surface area (Å²) in [5.74, 6) is 4.23. The molecule has 0 bridgehead atoms. The van der Waals surface area contributed by atoms with E-state index in [0.717, 1.165) is 95.2 Å². The fourth-order valence-corrected chi connectivity index (χ4v) is 10.7. The number of unbranched alkanes of at least 4 members (excludes halogenated alkanes) is 23. The normalized spacial score (nSPS) is 13.1. The highest BCUT2D eigenvalue weighted by atomic mass is 32.2. The van der Waals surface area contributed by atoms with Crippen molar-refractivity contribution in [2.24, 2.45) is 0 Å². The summed E-state index contributed by atoms with van der Waals surface area (Å²) in [5.41, 5.74) is 0. The Kier molecular flexibility index (Phi) is 49.6. The molecule has 0 aromatic carbocycles. The van der Waals surface area contributed by atoms with Gasteiger partial charge in [0, 0.05) is 37.0 Å². The molecule has 8 heteroatoms. The number of aliphatic hydroxyl groups excluding tert-OH is 1. The zero-order valence-corrected chi connectivity index (χ0v) is 43.8. The summed E-state index contributed by atoms with van der Waals surface area (Å²) in [5, 5.41) is 9.55. The van der Waals surface area contributed by atoms with Gasteiger partial charge in [0.2, 0.25) is 0 Å². The number of esters is 2. The topological polar surface area (TPSA) is 76.1 Å². The van der Waals surface area contributed by atoms with Crippen molar-refractivity contribution in [3.8, 4) is 0 Å². The van der Waals surface area contributed by atoms with Crippen LogP contribution in [0.5, 0.6) is 0 Å². The molecule has 0 aliphatic rings. The predicted molar refractivity (Wildman–Crippen MR) is 276 cm³/mol. The van der Waals surface area contributed by atoms with Gasteiger partial charge < -0.3 is 19.5 Å². The molecule has 0 saturated carbocycles. The summed E-state index contributed by atoms with van der Waals surface area (Å²) in [7, 11) is 0. The molecule has 0 radical (unpaired) electrons. The van der Waals surface area contributed by atoms with Crippen molar-refractivity contribution >= 4 is 35.5 Å². The monoisotopic (exact) mass is 914 g/mol. The van der Waals surface area contributed by atoms with Gasteiger partial charge in [-0.25, -0.2) is 0 Å². The molecule has 0 amide bonds. The summed E-state index contributed by atoms with van der Waals surface area (Å²) >= 11 is 3.97. The van der Waals surface area contributed by atoms with E-state index in [9.17, 15) is 14.7 Å². The molecule has 0 spiro atoms. The first-order valence-electron chi connectivity index (χ1n) is 27.3. The van der Waals surface area contributed by atoms with Gasteiger partial charge in [-0.3, -0.25) is 9.59 Å². The van der Waals surface area contributed by atoms with E-state index in [4.69, 9.17) is 9.47 Å². The number of hydrogen-bond donors (Lipinski definition) is 1. The van der Waals surface area contributed by atoms with Gasteiger partial charge in [-0.1, -0.05) is 176 Å². The highest BCUT2D eigenvalue weighted by Crippen LogP contribution is 2.23. The first-order valence-corrected chi connectivity index (χ1v) is 29.7. The third-order valence-corrected chi connectivity index (χ3v) is 14.8. The van der Waals surface area contributed by atoms with E-state index in [0.29, 0.717) is 18.9 Å². The average molecular weight is 915 g/mol. The highest BCUT2D eigenvalue weighted by molar-refractivity contribution is 7.99. The van der Waals surface area contributed by atoms with Crippen LogP contribution in [0.15, 0.2) is 0 Å². The molecule has 0 saturated heterocycles. The van der Waals surface area contributed by atoms with Crippen molar-refractivity contribution in [3.05, 3.63) is 0 Å². The molecular weight excluding hydrogens is 807 g/mol. The molecule has 6 nitrogen and oxygen atoms in total. The van der Waals surface area contributed by atoms with Crippen molar-refractivity contribution in [2.75, 3.05) is 42.7 Å². The predicted octanol–water partition coefficient (Wildman–Crippen LogP) is 16.5. The van der Waals surface area contributed by atoms with Gasteiger partial charge in [-0.05, 0) is 108 Å². The lowest BCUT2D eigenvalue weighted by Crippen LogP contribution is -2.37. The first-order chi connectivity index (χ1) is 30.4. The van der Waals surface area contributed by atoms with Crippen molar-refractivity contribution in [2.45, 2.75) is 290 Å². The lowest BCUT2D eigenvalue weighted by Gasteiger charge is -2.32. The zero-order chi connectivity index (χ0) is 45.4. The first kappa shape index (κ1) is 61.6. The molecule has 0 aliphatic heterocycles. The van der Waals surface area contributed by atoms with Crippen molar-refractivity contribution in [3.63, 3.8) is 0 Å². The minimum absolute atomic E-state index is 0.0161. The van der Waals surface area contributed by atoms with Crippen LogP contribution in [0.4, 0.5) is 0 Å². The Morgan fingerprint density at radius 2 is 0.790 bits per heavy atom. The Hall–Kier alpha value is -0.440. The third kappa shape index (κ3) is 42.2. The molecule has 1 N–H and O–H groups in total. The molecule has 0 aliphatic carbocycles. The van der Waals surface area contributed by atoms with E-state index in [2.05, 4.69) is 39.5 Å². The smallest absolute Gasteiger partial charge is 0.306 e. The fraction of sp³-hybridized carbons (Fsp3) is 0.963. The summed E-state index contributed by atoms with van der Waals surface area (Å²) in [6.45, 7) is 13.8. The second-order valence-corrected chi connectivity index (χ2v) is 20.9. The Morgan fingerprint density at radius 1 is 0.419 bits per heavy atom. The molecule has 0 aromatic rings. The molecule has 0 fully saturated rings. The Morgan fingerprint density at radius 3 is 1.19 bits per heavy atom. The van der Waals surface area contributed by atoms with Gasteiger partial charge in [0.1, 0.15) is 12.2 Å². The van der Waals surface area contributed by atoms with Crippen LogP contribution in [0.3, 0.4) is 0 Å². The van der Waals surface area contributed by atoms with Crippen LogP contribution in [0, 0.1) is 0 Å². The summed E-state index contributed by atoms with van der Waals surface area (Å²) in [6.07, 6.45) is 43.0. The molecule has 2 unspecified atom stereocenters. The van der Waals surface area contributed by atoms with E-state index in [-0.39, 0.29) is 30.8 Å². The maximum absolute atomic E-state index is 12.9. The SMILES string of the molecule is CCCCCCCCCC(=O)OC(CCCCCC(CCCCCC(CSCCCCCC)OC(=O)CCCCCCCCC)N(CCC)CCCCO)CSCCCCCC. The maximum atomic E-state index is 12.9. The number of rotatable bonds is 51. The van der Waals surface area contributed by atoms with Crippen LogP contribution in [0.25, 0.3) is 0 Å². The molecular formula is C54H107NO5S2. The van der Waals surface area contributed by atoms with Gasteiger partial charge in [0.15, 0.2) is 0 Å². The minimum atomic E-state index is 0.0161. The summed E-state index contributed by atoms with van der Waals surface area (Å²) in [6, 6.07) is 0.567. The number of hydrogen-bond acceptors (Lipinski definition) is 8. The number of aliphatic hydroxyl groups is 1. The fourth-order valence-electron chi connectivity index (χ4n) is 8.54. The standard InChI is InChI=1S/C54H107NO5S2/c1-6-11-15-19-21-23-31-41-53(57)59-51(48-61-46-35-17-13-8-3)39-29-25-27-37-50(55(43-10-5)44-33-34-45-56)38-28-26-30-40-52(49-62-47-36-18-14-9-4)60-54(58)42-32-24-22-20-16-12-7-2/h50-52,56H,6-49H2,1-5H3. The van der Waals surface area contributed by atoms with Crippen LogP contribution in [-0.2, 0) is 19.1 Å². The Labute approximate surface area is 395 Å². The third-order valence-electron chi connectivity index (χ3n) is 12.5. The number of thioether (sulfide) groups is 2. The number of ether oxygens (including phenoxy) is 2. The molecule has 2 atom stereocenters. The van der Waals surface area contributed by atoms with E-state index < -0.39 is 0 Å². The highest BCUT2D eigenvalue weighted by Gasteiger charge is 2.20. The number of carbonyl (C=O) groups excluding carboxylic acids is 2. The van der Waals surface area contributed by atoms with Crippen LogP contribution in [-0.4, -0.2) is 82.9 Å². The lowest BCUT2D eigenvalue weighted by atomic mass is 9.98. The van der Waals surface area contributed by atoms with Crippen LogP contribution >= 0.6 is 23.5 Å². The van der Waals surface area contributed by atoms with E-state index in [1.807, 2.05) is 23.5 Å². The van der Waals surface area contributed by atoms with E-state index in [1.54, 1.807) is 0 Å². The molecule has 0 aromatic heterocycles. The van der Waals surface area contributed by atoms with Gasteiger partial charge in [0.05, 0.1) is 0 Å². The van der Waals surface area contributed by atoms with Gasteiger partial charge in [0.25, 0.3) is 0 Å². The number of nitrogens with zero attached hydrogens (tertiary/aromatic N) is 1. The van der Waals surface area contributed by atoms with E-state index >= 15 is 0 Å². The maximum Gasteiger partial charge on any atom is 0.306 e. The molecule has 0 rings (SSSR count). The number of carbonyl (C=O) groups is 2. The summed E-state index contributed by atoms with van der Waals surface area (Å²) in [4.78, 5) is 28.6. The van der Waals surface area contributed by atoms with Crippen molar-refractivity contribution < 1.29 is 24.2 Å². The zero-order valence-electron chi connectivity index (χ0n) is 42.2. The van der Waals surface area contributed by atoms with Crippen LogP contribution < -0.4 is 0 Å². The Bertz CT molecular complexity index is 863. The minimum Gasteiger partial charge on any atom is -0.461 e. The van der Waals surface area contributed by atoms with Crippen molar-refractivity contribution in [1.82, 2.24) is 4.90 Å². The van der Waals surface area contributed by atoms with E-state index in [1.165, 1.54) is 166 Å². The molecule has 370 valence electrons. The second-order valence-electron chi connectivity index (χ2n) is 18.6. The second kappa shape index (κ2) is 50.0. The van der Waals surface area contributed by atoms with Gasteiger partial charge >= 0.3 is 11.9 Å². The Balaban J connectivity index is 5.16. The molecule has 0 heterocycles. The van der Waals surface area contributed by atoms with Crippen LogP contribution in [0.2, 0.25) is 0 Å². The summed E-state index contributed by atoms with van der Waals surface area (Å²) < 4.78 is 12.3. The van der Waals surface area contributed by atoms with Crippen molar-refractivity contribution in [1.29, 1.82) is 0 Å². The van der Waals surface area contributed by atoms with Gasteiger partial charge in [-0.2, -0.15) is 23.5 Å². The van der Waals surface area contributed by atoms with Crippen LogP contribution in [0.1, 0.15) is 272 Å². The quantitative estimate of drug-likeness (QED) is 0.0478. The largest absolute Gasteiger partial charge is 0.461 e. The lowest BCUT2D eigenvalue weighted by molar-refractivity contribution is -0.149.